The first kappa shape index (κ1) is 17.8. The molecule has 1 N–H and O–H groups in total. The number of fused-ring (bicyclic) bond motifs is 1. The maximum Gasteiger partial charge on any atom is 0.303 e. The van der Waals surface area contributed by atoms with Gasteiger partial charge in [-0.25, -0.2) is 0 Å². The second-order valence-electron chi connectivity index (χ2n) is 7.51. The topological polar surface area (TPSA) is 66.8 Å². The van der Waals surface area contributed by atoms with E-state index >= 15 is 0 Å². The fourth-order valence-corrected chi connectivity index (χ4v) is 4.34. The van der Waals surface area contributed by atoms with Gasteiger partial charge in [0.25, 0.3) is 0 Å². The predicted octanol–water partition coefficient (Wildman–Crippen LogP) is 3.40. The predicted molar refractivity (Wildman–Crippen MR) is 94.5 cm³/mol. The van der Waals surface area contributed by atoms with E-state index in [4.69, 9.17) is 4.74 Å². The molecular weight excluding hydrogens is 318 g/mol. The number of hydrogen-bond acceptors (Lipinski definition) is 3. The molecule has 0 atom stereocenters. The minimum Gasteiger partial charge on any atom is -0.497 e. The van der Waals surface area contributed by atoms with E-state index in [1.165, 1.54) is 5.56 Å². The Balaban J connectivity index is 1.70. The van der Waals surface area contributed by atoms with Gasteiger partial charge in [0.05, 0.1) is 13.5 Å². The Morgan fingerprint density at radius 1 is 1.16 bits per heavy atom. The van der Waals surface area contributed by atoms with Gasteiger partial charge in [-0.15, -0.1) is 0 Å². The third-order valence-electron chi connectivity index (χ3n) is 5.75. The van der Waals surface area contributed by atoms with Crippen LogP contribution in [0.4, 0.5) is 0 Å². The molecule has 0 unspecified atom stereocenters. The maximum atomic E-state index is 12.9. The van der Waals surface area contributed by atoms with E-state index in [2.05, 4.69) is 6.07 Å². The molecule has 2 aliphatic rings. The van der Waals surface area contributed by atoms with E-state index in [9.17, 15) is 14.7 Å². The fraction of sp³-hybridized carbons (Fsp3) is 0.600. The van der Waals surface area contributed by atoms with E-state index in [0.29, 0.717) is 19.5 Å². The van der Waals surface area contributed by atoms with Crippen LogP contribution in [-0.4, -0.2) is 35.5 Å². The van der Waals surface area contributed by atoms with Crippen LogP contribution in [0, 0.1) is 5.41 Å². The smallest absolute Gasteiger partial charge is 0.303 e. The summed E-state index contributed by atoms with van der Waals surface area (Å²) in [7, 11) is 1.65. The van der Waals surface area contributed by atoms with E-state index < -0.39 is 5.97 Å². The molecule has 5 nitrogen and oxygen atoms in total. The third kappa shape index (κ3) is 4.14. The Kier molecular flexibility index (Phi) is 5.30. The van der Waals surface area contributed by atoms with E-state index in [0.717, 1.165) is 49.8 Å². The summed E-state index contributed by atoms with van der Waals surface area (Å²) in [6, 6.07) is 6.03. The van der Waals surface area contributed by atoms with Crippen molar-refractivity contribution in [2.24, 2.45) is 5.41 Å². The SMILES string of the molecule is COc1ccc2c(c1)CN(C(=O)CC1(CC(=O)O)CCCCC1)CC2. The molecule has 25 heavy (non-hydrogen) atoms. The summed E-state index contributed by atoms with van der Waals surface area (Å²) in [5, 5.41) is 9.30. The number of carboxylic acids is 1. The lowest BCUT2D eigenvalue weighted by Crippen LogP contribution is -2.40. The summed E-state index contributed by atoms with van der Waals surface area (Å²) in [6.07, 6.45) is 6.22. The van der Waals surface area contributed by atoms with Crippen LogP contribution in [0.2, 0.25) is 0 Å². The molecule has 0 radical (unpaired) electrons. The minimum atomic E-state index is -0.788. The Labute approximate surface area is 149 Å². The molecule has 1 aliphatic carbocycles. The lowest BCUT2D eigenvalue weighted by atomic mass is 9.69. The van der Waals surface area contributed by atoms with Gasteiger partial charge in [0.15, 0.2) is 0 Å². The molecule has 1 aromatic carbocycles. The Bertz CT molecular complexity index is 649. The molecule has 3 rings (SSSR count). The molecule has 0 spiro atoms. The van der Waals surface area contributed by atoms with Crippen LogP contribution in [0.25, 0.3) is 0 Å². The van der Waals surface area contributed by atoms with Gasteiger partial charge < -0.3 is 14.7 Å². The summed E-state index contributed by atoms with van der Waals surface area (Å²) < 4.78 is 5.29. The highest BCUT2D eigenvalue weighted by molar-refractivity contribution is 5.78. The van der Waals surface area contributed by atoms with Crippen molar-refractivity contribution in [1.82, 2.24) is 4.90 Å². The van der Waals surface area contributed by atoms with Crippen molar-refractivity contribution in [3.63, 3.8) is 0 Å². The molecule has 1 aliphatic heterocycles. The lowest BCUT2D eigenvalue weighted by Gasteiger charge is -2.38. The molecule has 1 heterocycles. The zero-order valence-corrected chi connectivity index (χ0v) is 14.9. The molecule has 1 aromatic rings. The standard InChI is InChI=1S/C20H27NO4/c1-25-17-6-5-15-7-10-21(14-16(15)11-17)18(22)12-20(13-19(23)24)8-3-2-4-9-20/h5-6,11H,2-4,7-10,12-14H2,1H3,(H,23,24). The van der Waals surface area contributed by atoms with Crippen LogP contribution in [0.3, 0.4) is 0 Å². The number of hydrogen-bond donors (Lipinski definition) is 1. The monoisotopic (exact) mass is 345 g/mol. The zero-order valence-electron chi connectivity index (χ0n) is 14.9. The average molecular weight is 345 g/mol. The van der Waals surface area contributed by atoms with Crippen LogP contribution >= 0.6 is 0 Å². The number of methoxy groups -OCH3 is 1. The highest BCUT2D eigenvalue weighted by atomic mass is 16.5. The van der Waals surface area contributed by atoms with Crippen LogP contribution in [-0.2, 0) is 22.6 Å². The van der Waals surface area contributed by atoms with Gasteiger partial charge in [0.2, 0.25) is 5.91 Å². The first-order chi connectivity index (χ1) is 12.0. The van der Waals surface area contributed by atoms with Crippen molar-refractivity contribution in [3.05, 3.63) is 29.3 Å². The summed E-state index contributed by atoms with van der Waals surface area (Å²) in [4.78, 5) is 26.1. The molecule has 5 heteroatoms. The molecule has 1 amide bonds. The molecule has 0 saturated heterocycles. The second kappa shape index (κ2) is 7.46. The van der Waals surface area contributed by atoms with Gasteiger partial charge in [-0.3, -0.25) is 9.59 Å². The van der Waals surface area contributed by atoms with E-state index in [-0.39, 0.29) is 17.7 Å². The maximum absolute atomic E-state index is 12.9. The molecule has 1 fully saturated rings. The second-order valence-corrected chi connectivity index (χ2v) is 7.51. The van der Waals surface area contributed by atoms with Crippen molar-refractivity contribution < 1.29 is 19.4 Å². The normalized spacial score (nSPS) is 19.2. The van der Waals surface area contributed by atoms with Crippen molar-refractivity contribution in [2.45, 2.75) is 57.9 Å². The van der Waals surface area contributed by atoms with Crippen LogP contribution < -0.4 is 4.74 Å². The van der Waals surface area contributed by atoms with Crippen molar-refractivity contribution in [2.75, 3.05) is 13.7 Å². The number of amides is 1. The van der Waals surface area contributed by atoms with Crippen LogP contribution in [0.15, 0.2) is 18.2 Å². The summed E-state index contributed by atoms with van der Waals surface area (Å²) >= 11 is 0. The minimum absolute atomic E-state index is 0.0941. The number of carbonyl (C=O) groups is 2. The van der Waals surface area contributed by atoms with Gasteiger partial charge in [-0.2, -0.15) is 0 Å². The number of carboxylic acid groups (broad SMARTS) is 1. The molecule has 1 saturated carbocycles. The quantitative estimate of drug-likeness (QED) is 0.888. The Hall–Kier alpha value is -2.04. The zero-order chi connectivity index (χ0) is 17.9. The molecule has 136 valence electrons. The summed E-state index contributed by atoms with van der Waals surface area (Å²) in [5.74, 6) is 0.114. The fourth-order valence-electron chi connectivity index (χ4n) is 4.34. The Morgan fingerprint density at radius 3 is 2.60 bits per heavy atom. The van der Waals surface area contributed by atoms with Crippen LogP contribution in [0.1, 0.15) is 56.1 Å². The van der Waals surface area contributed by atoms with Crippen LogP contribution in [0.5, 0.6) is 5.75 Å². The number of benzene rings is 1. The summed E-state index contributed by atoms with van der Waals surface area (Å²) in [5.41, 5.74) is 2.05. The van der Waals surface area contributed by atoms with Crippen molar-refractivity contribution >= 4 is 11.9 Å². The summed E-state index contributed by atoms with van der Waals surface area (Å²) in [6.45, 7) is 1.30. The van der Waals surface area contributed by atoms with Gasteiger partial charge in [0.1, 0.15) is 5.75 Å². The lowest BCUT2D eigenvalue weighted by molar-refractivity contribution is -0.142. The number of ether oxygens (including phenoxy) is 1. The number of rotatable bonds is 5. The number of aliphatic carboxylic acids is 1. The Morgan fingerprint density at radius 2 is 1.92 bits per heavy atom. The van der Waals surface area contributed by atoms with Gasteiger partial charge in [0, 0.05) is 19.5 Å². The first-order valence-corrected chi connectivity index (χ1v) is 9.17. The van der Waals surface area contributed by atoms with Gasteiger partial charge in [-0.1, -0.05) is 25.3 Å². The molecular formula is C20H27NO4. The largest absolute Gasteiger partial charge is 0.497 e. The first-order valence-electron chi connectivity index (χ1n) is 9.17. The van der Waals surface area contributed by atoms with Crippen molar-refractivity contribution in [1.29, 1.82) is 0 Å². The highest BCUT2D eigenvalue weighted by Crippen LogP contribution is 2.43. The third-order valence-corrected chi connectivity index (χ3v) is 5.75. The van der Waals surface area contributed by atoms with Crippen molar-refractivity contribution in [3.8, 4) is 5.75 Å². The molecule has 0 bridgehead atoms. The van der Waals surface area contributed by atoms with E-state index in [1.807, 2.05) is 17.0 Å². The number of carbonyl (C=O) groups excluding carboxylic acids is 1. The van der Waals surface area contributed by atoms with E-state index in [1.54, 1.807) is 7.11 Å². The van der Waals surface area contributed by atoms with Gasteiger partial charge in [-0.05, 0) is 47.9 Å². The highest BCUT2D eigenvalue weighted by Gasteiger charge is 2.38. The molecule has 0 aromatic heterocycles. The average Bonchev–Trinajstić information content (AvgIpc) is 2.60. The number of nitrogens with zero attached hydrogens (tertiary/aromatic N) is 1. The van der Waals surface area contributed by atoms with Gasteiger partial charge >= 0.3 is 5.97 Å².